The molecular formula is C17H13ClN2O3S2. The summed E-state index contributed by atoms with van der Waals surface area (Å²) in [5.74, 6) is -0.702. The lowest BCUT2D eigenvalue weighted by Crippen LogP contribution is -2.16. The van der Waals surface area contributed by atoms with E-state index in [0.717, 1.165) is 21.8 Å². The molecule has 3 aromatic rings. The van der Waals surface area contributed by atoms with Crippen LogP contribution in [0.1, 0.15) is 10.4 Å². The van der Waals surface area contributed by atoms with E-state index in [2.05, 4.69) is 4.72 Å². The summed E-state index contributed by atoms with van der Waals surface area (Å²) in [6, 6.07) is 16.7. The predicted octanol–water partition coefficient (Wildman–Crippen LogP) is 3.97. The molecule has 1 aromatic heterocycles. The van der Waals surface area contributed by atoms with Gasteiger partial charge in [0, 0.05) is 9.90 Å². The molecule has 1 amide bonds. The van der Waals surface area contributed by atoms with E-state index in [4.69, 9.17) is 17.3 Å². The van der Waals surface area contributed by atoms with Crippen molar-refractivity contribution >= 4 is 43.9 Å². The number of thiophene rings is 1. The maximum atomic E-state index is 12.5. The second-order valence-corrected chi connectivity index (χ2v) is 8.31. The number of carbonyl (C=O) groups is 1. The summed E-state index contributed by atoms with van der Waals surface area (Å²) in [6.07, 6.45) is 0. The fraction of sp³-hybridized carbons (Fsp3) is 0. The molecule has 0 saturated carbocycles. The molecule has 1 heterocycles. The van der Waals surface area contributed by atoms with Crippen LogP contribution in [-0.4, -0.2) is 14.3 Å². The summed E-state index contributed by atoms with van der Waals surface area (Å²) in [6.45, 7) is 0. The van der Waals surface area contributed by atoms with Gasteiger partial charge >= 0.3 is 0 Å². The van der Waals surface area contributed by atoms with Crippen LogP contribution in [0.2, 0.25) is 5.02 Å². The number of rotatable bonds is 5. The Morgan fingerprint density at radius 2 is 1.68 bits per heavy atom. The minimum atomic E-state index is -3.86. The van der Waals surface area contributed by atoms with Crippen LogP contribution in [0.4, 0.5) is 5.00 Å². The third-order valence-electron chi connectivity index (χ3n) is 3.41. The van der Waals surface area contributed by atoms with Crippen molar-refractivity contribution in [3.05, 3.63) is 71.2 Å². The highest BCUT2D eigenvalue weighted by Gasteiger charge is 2.21. The summed E-state index contributed by atoms with van der Waals surface area (Å²) >= 11 is 6.93. The van der Waals surface area contributed by atoms with Gasteiger partial charge in [-0.1, -0.05) is 41.9 Å². The third kappa shape index (κ3) is 3.84. The van der Waals surface area contributed by atoms with Gasteiger partial charge in [-0.25, -0.2) is 8.42 Å². The number of sulfonamides is 1. The molecule has 0 unspecified atom stereocenters. The molecule has 0 atom stereocenters. The maximum Gasteiger partial charge on any atom is 0.262 e. The predicted molar refractivity (Wildman–Crippen MR) is 101 cm³/mol. The summed E-state index contributed by atoms with van der Waals surface area (Å²) in [5, 5.41) is 0.612. The molecule has 0 spiro atoms. The van der Waals surface area contributed by atoms with Crippen molar-refractivity contribution < 1.29 is 13.2 Å². The van der Waals surface area contributed by atoms with E-state index < -0.39 is 15.9 Å². The van der Waals surface area contributed by atoms with Gasteiger partial charge in [0.15, 0.2) is 0 Å². The van der Waals surface area contributed by atoms with Crippen LogP contribution in [0.3, 0.4) is 0 Å². The van der Waals surface area contributed by atoms with E-state index in [-0.39, 0.29) is 15.5 Å². The molecule has 0 aliphatic rings. The molecule has 0 aliphatic heterocycles. The largest absolute Gasteiger partial charge is 0.366 e. The molecule has 128 valence electrons. The second-order valence-electron chi connectivity index (χ2n) is 5.14. The van der Waals surface area contributed by atoms with Crippen LogP contribution in [0.5, 0.6) is 0 Å². The Labute approximate surface area is 154 Å². The van der Waals surface area contributed by atoms with Gasteiger partial charge in [-0.3, -0.25) is 9.52 Å². The number of benzene rings is 2. The van der Waals surface area contributed by atoms with Crippen molar-refractivity contribution in [3.63, 3.8) is 0 Å². The molecular weight excluding hydrogens is 380 g/mol. The topological polar surface area (TPSA) is 89.3 Å². The zero-order valence-corrected chi connectivity index (χ0v) is 15.2. The number of nitrogens with two attached hydrogens (primary N) is 1. The lowest BCUT2D eigenvalue weighted by Gasteiger charge is -2.07. The van der Waals surface area contributed by atoms with Gasteiger partial charge in [0.25, 0.3) is 15.9 Å². The van der Waals surface area contributed by atoms with E-state index in [1.807, 2.05) is 30.3 Å². The quantitative estimate of drug-likeness (QED) is 0.688. The van der Waals surface area contributed by atoms with E-state index in [0.29, 0.717) is 5.02 Å². The van der Waals surface area contributed by atoms with Gasteiger partial charge in [-0.15, -0.1) is 11.3 Å². The van der Waals surface area contributed by atoms with Crippen molar-refractivity contribution in [1.82, 2.24) is 0 Å². The maximum absolute atomic E-state index is 12.5. The number of carbonyl (C=O) groups excluding carboxylic acids is 1. The first-order chi connectivity index (χ1) is 11.9. The molecule has 0 radical (unpaired) electrons. The number of anilines is 1. The molecule has 0 aliphatic carbocycles. The van der Waals surface area contributed by atoms with E-state index >= 15 is 0 Å². The fourth-order valence-corrected chi connectivity index (χ4v) is 4.70. The van der Waals surface area contributed by atoms with Crippen molar-refractivity contribution in [2.45, 2.75) is 4.90 Å². The molecule has 0 fully saturated rings. The van der Waals surface area contributed by atoms with Gasteiger partial charge < -0.3 is 5.73 Å². The molecule has 3 N–H and O–H groups in total. The lowest BCUT2D eigenvalue weighted by molar-refractivity contribution is 0.100. The average molecular weight is 393 g/mol. The van der Waals surface area contributed by atoms with Crippen molar-refractivity contribution in [1.29, 1.82) is 0 Å². The van der Waals surface area contributed by atoms with Gasteiger partial charge in [-0.05, 0) is 35.9 Å². The van der Waals surface area contributed by atoms with Gasteiger partial charge in [0.05, 0.1) is 10.5 Å². The van der Waals surface area contributed by atoms with Crippen LogP contribution in [0.25, 0.3) is 10.4 Å². The molecule has 2 aromatic carbocycles. The summed E-state index contributed by atoms with van der Waals surface area (Å²) in [5.41, 5.74) is 6.39. The Bertz CT molecular complexity index is 1010. The fourth-order valence-electron chi connectivity index (χ4n) is 2.19. The van der Waals surface area contributed by atoms with Crippen LogP contribution in [-0.2, 0) is 10.0 Å². The lowest BCUT2D eigenvalue weighted by atomic mass is 10.1. The minimum absolute atomic E-state index is 0.0435. The van der Waals surface area contributed by atoms with Crippen molar-refractivity contribution in [2.24, 2.45) is 5.73 Å². The SMILES string of the molecule is NC(=O)c1cc(-c2ccccc2)sc1NS(=O)(=O)c1ccc(Cl)cc1. The van der Waals surface area contributed by atoms with Gasteiger partial charge in [0.1, 0.15) is 5.00 Å². The minimum Gasteiger partial charge on any atom is -0.366 e. The number of nitrogens with one attached hydrogen (secondary N) is 1. The third-order valence-corrected chi connectivity index (χ3v) is 6.25. The Morgan fingerprint density at radius 1 is 1.04 bits per heavy atom. The smallest absolute Gasteiger partial charge is 0.262 e. The Hall–Kier alpha value is -2.35. The average Bonchev–Trinajstić information content (AvgIpc) is 2.99. The van der Waals surface area contributed by atoms with Crippen molar-refractivity contribution in [3.8, 4) is 10.4 Å². The van der Waals surface area contributed by atoms with Gasteiger partial charge in [0.2, 0.25) is 0 Å². The van der Waals surface area contributed by atoms with Crippen LogP contribution in [0, 0.1) is 0 Å². The molecule has 0 bridgehead atoms. The highest BCUT2D eigenvalue weighted by atomic mass is 35.5. The Kier molecular flexibility index (Phi) is 4.80. The summed E-state index contributed by atoms with van der Waals surface area (Å²) in [7, 11) is -3.86. The Balaban J connectivity index is 2.00. The highest BCUT2D eigenvalue weighted by Crippen LogP contribution is 2.36. The van der Waals surface area contributed by atoms with Gasteiger partial charge in [-0.2, -0.15) is 0 Å². The molecule has 0 saturated heterocycles. The molecule has 8 heteroatoms. The monoisotopic (exact) mass is 392 g/mol. The highest BCUT2D eigenvalue weighted by molar-refractivity contribution is 7.93. The summed E-state index contributed by atoms with van der Waals surface area (Å²) in [4.78, 5) is 12.5. The normalized spacial score (nSPS) is 11.2. The zero-order valence-electron chi connectivity index (χ0n) is 12.8. The first kappa shape index (κ1) is 17.5. The van der Waals surface area contributed by atoms with Crippen LogP contribution < -0.4 is 10.5 Å². The van der Waals surface area contributed by atoms with Crippen LogP contribution >= 0.6 is 22.9 Å². The zero-order chi connectivity index (χ0) is 18.0. The number of halogens is 1. The first-order valence-corrected chi connectivity index (χ1v) is 9.82. The number of amides is 1. The first-order valence-electron chi connectivity index (χ1n) is 7.14. The number of hydrogen-bond donors (Lipinski definition) is 2. The standard InChI is InChI=1S/C17H13ClN2O3S2/c18-12-6-8-13(9-7-12)25(22,23)20-17-14(16(19)21)10-15(24-17)11-4-2-1-3-5-11/h1-10,20H,(H2,19,21). The second kappa shape index (κ2) is 6.87. The number of hydrogen-bond acceptors (Lipinski definition) is 4. The Morgan fingerprint density at radius 3 is 2.28 bits per heavy atom. The number of primary amides is 1. The molecule has 3 rings (SSSR count). The van der Waals surface area contributed by atoms with E-state index in [1.54, 1.807) is 6.07 Å². The van der Waals surface area contributed by atoms with Crippen molar-refractivity contribution in [2.75, 3.05) is 4.72 Å². The summed E-state index contributed by atoms with van der Waals surface area (Å²) < 4.78 is 27.5. The van der Waals surface area contributed by atoms with E-state index in [1.165, 1.54) is 24.3 Å². The molecule has 25 heavy (non-hydrogen) atoms. The van der Waals surface area contributed by atoms with Crippen LogP contribution in [0.15, 0.2) is 65.6 Å². The molecule has 5 nitrogen and oxygen atoms in total. The van der Waals surface area contributed by atoms with E-state index in [9.17, 15) is 13.2 Å².